The molecule has 1 aromatic carbocycles. The van der Waals surface area contributed by atoms with E-state index in [-0.39, 0.29) is 17.7 Å². The number of anilines is 2. The highest BCUT2D eigenvalue weighted by molar-refractivity contribution is 6.09. The number of rotatable bonds is 5. The monoisotopic (exact) mass is 390 g/mol. The summed E-state index contributed by atoms with van der Waals surface area (Å²) in [5.74, 6) is -0.610. The van der Waals surface area contributed by atoms with Crippen LogP contribution in [0, 0.1) is 0 Å². The number of aromatic amines is 1. The Balaban J connectivity index is 1.62. The highest BCUT2D eigenvalue weighted by atomic mass is 16.3. The van der Waals surface area contributed by atoms with Gasteiger partial charge in [-0.1, -0.05) is 6.07 Å². The van der Waals surface area contributed by atoms with E-state index in [0.29, 0.717) is 33.5 Å². The number of pyridine rings is 1. The van der Waals surface area contributed by atoms with Gasteiger partial charge < -0.3 is 20.8 Å². The van der Waals surface area contributed by atoms with Gasteiger partial charge in [-0.2, -0.15) is 5.10 Å². The molecule has 3 aromatic heterocycles. The Hall–Kier alpha value is -3.98. The molecule has 0 fully saturated rings. The van der Waals surface area contributed by atoms with E-state index >= 15 is 0 Å². The average molecular weight is 390 g/mol. The van der Waals surface area contributed by atoms with Crippen LogP contribution in [0.15, 0.2) is 59.5 Å². The molecule has 0 saturated heterocycles. The van der Waals surface area contributed by atoms with Crippen LogP contribution in [-0.4, -0.2) is 27.0 Å². The van der Waals surface area contributed by atoms with Gasteiger partial charge in [0.05, 0.1) is 23.5 Å². The van der Waals surface area contributed by atoms with Crippen LogP contribution in [-0.2, 0) is 0 Å². The summed E-state index contributed by atoms with van der Waals surface area (Å²) < 4.78 is 5.12. The maximum Gasteiger partial charge on any atom is 0.291 e. The van der Waals surface area contributed by atoms with Gasteiger partial charge in [-0.05, 0) is 42.8 Å². The number of nitrogens with one attached hydrogen (secondary N) is 3. The summed E-state index contributed by atoms with van der Waals surface area (Å²) in [5, 5.41) is 13.0. The minimum atomic E-state index is -0.427. The van der Waals surface area contributed by atoms with E-state index in [1.165, 1.54) is 6.26 Å². The van der Waals surface area contributed by atoms with Crippen molar-refractivity contribution < 1.29 is 14.0 Å². The number of furan rings is 1. The Labute approximate surface area is 165 Å². The zero-order chi connectivity index (χ0) is 20.4. The topological polar surface area (TPSA) is 139 Å². The minimum absolute atomic E-state index is 0.162. The summed E-state index contributed by atoms with van der Waals surface area (Å²) >= 11 is 0. The SMILES string of the molecule is CC(N)c1ccc(C(=O)Nc2ccnc3[nH]ncc23)cc1NC(=O)c1ccco1. The number of H-pyrrole nitrogens is 1. The van der Waals surface area contributed by atoms with E-state index in [9.17, 15) is 9.59 Å². The molecule has 2 amide bonds. The summed E-state index contributed by atoms with van der Waals surface area (Å²) in [4.78, 5) is 29.3. The standard InChI is InChI=1S/C20H18N6O3/c1-11(21)13-5-4-12(9-16(13)25-20(28)17-3-2-8-29-17)19(27)24-15-6-7-22-18-14(15)10-23-26-18/h2-11H,21H2,1H3,(H,25,28)(H2,22,23,24,26,27). The number of nitrogens with zero attached hydrogens (tertiary/aromatic N) is 2. The molecule has 146 valence electrons. The van der Waals surface area contributed by atoms with Crippen LogP contribution in [0.25, 0.3) is 11.0 Å². The molecule has 9 heteroatoms. The largest absolute Gasteiger partial charge is 0.459 e. The molecule has 9 nitrogen and oxygen atoms in total. The fourth-order valence-corrected chi connectivity index (χ4v) is 2.95. The molecular formula is C20H18N6O3. The molecule has 0 saturated carbocycles. The molecule has 0 aliphatic carbocycles. The third kappa shape index (κ3) is 3.71. The molecule has 29 heavy (non-hydrogen) atoms. The molecule has 0 radical (unpaired) electrons. The summed E-state index contributed by atoms with van der Waals surface area (Å²) in [6.45, 7) is 1.80. The lowest BCUT2D eigenvalue weighted by atomic mass is 10.0. The van der Waals surface area contributed by atoms with E-state index in [0.717, 1.165) is 0 Å². The van der Waals surface area contributed by atoms with E-state index in [4.69, 9.17) is 10.2 Å². The van der Waals surface area contributed by atoms with Crippen molar-refractivity contribution in [3.05, 3.63) is 71.9 Å². The Morgan fingerprint density at radius 3 is 2.72 bits per heavy atom. The van der Waals surface area contributed by atoms with Gasteiger partial charge in [-0.25, -0.2) is 4.98 Å². The highest BCUT2D eigenvalue weighted by Crippen LogP contribution is 2.25. The van der Waals surface area contributed by atoms with Crippen molar-refractivity contribution in [1.29, 1.82) is 0 Å². The lowest BCUT2D eigenvalue weighted by molar-refractivity contribution is 0.0993. The molecule has 5 N–H and O–H groups in total. The summed E-state index contributed by atoms with van der Waals surface area (Å²) in [6, 6.07) is 9.48. The number of fused-ring (bicyclic) bond motifs is 1. The number of amides is 2. The molecule has 3 heterocycles. The zero-order valence-corrected chi connectivity index (χ0v) is 15.5. The van der Waals surface area contributed by atoms with Crippen LogP contribution < -0.4 is 16.4 Å². The quantitative estimate of drug-likeness (QED) is 0.413. The summed E-state index contributed by atoms with van der Waals surface area (Å²) in [5.41, 5.74) is 8.66. The zero-order valence-electron chi connectivity index (χ0n) is 15.5. The van der Waals surface area contributed by atoms with Crippen molar-refractivity contribution in [3.8, 4) is 0 Å². The second kappa shape index (κ2) is 7.56. The van der Waals surface area contributed by atoms with Gasteiger partial charge in [0.1, 0.15) is 0 Å². The first-order valence-corrected chi connectivity index (χ1v) is 8.87. The van der Waals surface area contributed by atoms with Crippen LogP contribution >= 0.6 is 0 Å². The molecular weight excluding hydrogens is 372 g/mol. The molecule has 0 aliphatic heterocycles. The van der Waals surface area contributed by atoms with Crippen molar-refractivity contribution in [2.75, 3.05) is 10.6 Å². The maximum absolute atomic E-state index is 12.8. The van der Waals surface area contributed by atoms with Crippen LogP contribution in [0.2, 0.25) is 0 Å². The van der Waals surface area contributed by atoms with Crippen molar-refractivity contribution in [2.24, 2.45) is 5.73 Å². The summed E-state index contributed by atoms with van der Waals surface area (Å²) in [6.07, 6.45) is 4.58. The molecule has 0 bridgehead atoms. The van der Waals surface area contributed by atoms with Gasteiger partial charge in [0.2, 0.25) is 0 Å². The molecule has 1 atom stereocenters. The molecule has 4 rings (SSSR count). The normalized spacial score (nSPS) is 11.9. The average Bonchev–Trinajstić information content (AvgIpc) is 3.40. The summed E-state index contributed by atoms with van der Waals surface area (Å²) in [7, 11) is 0. The van der Waals surface area contributed by atoms with Gasteiger partial charge in [0.15, 0.2) is 11.4 Å². The van der Waals surface area contributed by atoms with Crippen LogP contribution in [0.3, 0.4) is 0 Å². The van der Waals surface area contributed by atoms with E-state index in [1.54, 1.807) is 55.7 Å². The lowest BCUT2D eigenvalue weighted by Crippen LogP contribution is -2.18. The number of nitrogens with two attached hydrogens (primary N) is 1. The Morgan fingerprint density at radius 1 is 1.14 bits per heavy atom. The van der Waals surface area contributed by atoms with Crippen molar-refractivity contribution in [3.63, 3.8) is 0 Å². The van der Waals surface area contributed by atoms with Gasteiger partial charge in [0.25, 0.3) is 11.8 Å². The first-order chi connectivity index (χ1) is 14.0. The fraction of sp³-hybridized carbons (Fsp3) is 0.100. The first-order valence-electron chi connectivity index (χ1n) is 8.87. The lowest BCUT2D eigenvalue weighted by Gasteiger charge is -2.15. The fourth-order valence-electron chi connectivity index (χ4n) is 2.95. The Kier molecular flexibility index (Phi) is 4.80. The van der Waals surface area contributed by atoms with Gasteiger partial charge in [-0.3, -0.25) is 14.7 Å². The Morgan fingerprint density at radius 2 is 1.97 bits per heavy atom. The highest BCUT2D eigenvalue weighted by Gasteiger charge is 2.17. The van der Waals surface area contributed by atoms with E-state index in [2.05, 4.69) is 25.8 Å². The number of carbonyl (C=O) groups is 2. The van der Waals surface area contributed by atoms with Crippen LogP contribution in [0.5, 0.6) is 0 Å². The number of hydrogen-bond donors (Lipinski definition) is 4. The number of hydrogen-bond acceptors (Lipinski definition) is 6. The second-order valence-electron chi connectivity index (χ2n) is 6.47. The molecule has 1 unspecified atom stereocenters. The van der Waals surface area contributed by atoms with Crippen LogP contribution in [0.4, 0.5) is 11.4 Å². The minimum Gasteiger partial charge on any atom is -0.459 e. The number of benzene rings is 1. The van der Waals surface area contributed by atoms with Crippen molar-refractivity contribution in [1.82, 2.24) is 15.2 Å². The van der Waals surface area contributed by atoms with Gasteiger partial charge >= 0.3 is 0 Å². The van der Waals surface area contributed by atoms with E-state index < -0.39 is 5.91 Å². The predicted molar refractivity (Wildman–Crippen MR) is 108 cm³/mol. The third-order valence-corrected chi connectivity index (χ3v) is 4.40. The number of aromatic nitrogens is 3. The maximum atomic E-state index is 12.8. The Bertz CT molecular complexity index is 1180. The van der Waals surface area contributed by atoms with Gasteiger partial charge in [-0.15, -0.1) is 0 Å². The molecule has 0 spiro atoms. The van der Waals surface area contributed by atoms with E-state index in [1.807, 2.05) is 0 Å². The van der Waals surface area contributed by atoms with Crippen LogP contribution in [0.1, 0.15) is 39.4 Å². The third-order valence-electron chi connectivity index (χ3n) is 4.40. The predicted octanol–water partition coefficient (Wildman–Crippen LogP) is 3.08. The second-order valence-corrected chi connectivity index (χ2v) is 6.47. The first kappa shape index (κ1) is 18.4. The smallest absolute Gasteiger partial charge is 0.291 e. The van der Waals surface area contributed by atoms with Crippen molar-refractivity contribution >= 4 is 34.2 Å². The number of carbonyl (C=O) groups excluding carboxylic acids is 2. The molecule has 4 aromatic rings. The molecule has 0 aliphatic rings. The van der Waals surface area contributed by atoms with Crippen molar-refractivity contribution in [2.45, 2.75) is 13.0 Å². The van der Waals surface area contributed by atoms with Gasteiger partial charge in [0, 0.05) is 23.5 Å².